The van der Waals surface area contributed by atoms with Gasteiger partial charge in [0.15, 0.2) is 0 Å². The number of alkyl halides is 3. The van der Waals surface area contributed by atoms with Crippen molar-refractivity contribution < 1.29 is 18.0 Å². The second-order valence-corrected chi connectivity index (χ2v) is 10.2. The number of carbonyl (C=O) groups excluding carboxylic acids is 1. The molecule has 2 atom stereocenters. The number of piperidine rings is 1. The van der Waals surface area contributed by atoms with Crippen molar-refractivity contribution in [1.82, 2.24) is 10.2 Å². The van der Waals surface area contributed by atoms with Crippen molar-refractivity contribution >= 4 is 18.3 Å². The molecule has 2 aliphatic heterocycles. The summed E-state index contributed by atoms with van der Waals surface area (Å²) in [6, 6.07) is 0. The molecule has 4 bridgehead atoms. The van der Waals surface area contributed by atoms with Crippen molar-refractivity contribution in [3.63, 3.8) is 0 Å². The lowest BCUT2D eigenvalue weighted by Gasteiger charge is -2.62. The summed E-state index contributed by atoms with van der Waals surface area (Å²) in [5.41, 5.74) is -1.98. The summed E-state index contributed by atoms with van der Waals surface area (Å²) in [5.74, 6) is 0.245. The molecule has 0 aromatic rings. The summed E-state index contributed by atoms with van der Waals surface area (Å²) in [7, 11) is 0. The van der Waals surface area contributed by atoms with Crippen molar-refractivity contribution in [3.05, 3.63) is 0 Å². The van der Waals surface area contributed by atoms with Crippen LogP contribution in [-0.2, 0) is 4.79 Å². The van der Waals surface area contributed by atoms with Crippen molar-refractivity contribution in [1.29, 1.82) is 0 Å². The Labute approximate surface area is 165 Å². The van der Waals surface area contributed by atoms with E-state index in [0.29, 0.717) is 18.3 Å². The molecule has 0 aromatic heterocycles. The third-order valence-corrected chi connectivity index (χ3v) is 8.56. The quantitative estimate of drug-likeness (QED) is 0.709. The van der Waals surface area contributed by atoms with Crippen LogP contribution in [0.2, 0.25) is 0 Å². The van der Waals surface area contributed by atoms with Crippen molar-refractivity contribution in [2.75, 3.05) is 26.2 Å². The summed E-state index contributed by atoms with van der Waals surface area (Å²) in [4.78, 5) is 15.4. The highest BCUT2D eigenvalue weighted by molar-refractivity contribution is 5.85. The van der Waals surface area contributed by atoms with Gasteiger partial charge in [0, 0.05) is 19.6 Å². The largest absolute Gasteiger partial charge is 0.394 e. The average molecular weight is 407 g/mol. The van der Waals surface area contributed by atoms with E-state index in [1.807, 2.05) is 4.90 Å². The highest BCUT2D eigenvalue weighted by Gasteiger charge is 2.69. The number of hydrogen-bond donors (Lipinski definition) is 1. The van der Waals surface area contributed by atoms with Gasteiger partial charge in [-0.1, -0.05) is 0 Å². The van der Waals surface area contributed by atoms with Crippen molar-refractivity contribution in [3.8, 4) is 0 Å². The van der Waals surface area contributed by atoms with Crippen LogP contribution in [0, 0.1) is 28.1 Å². The molecule has 2 saturated heterocycles. The zero-order valence-corrected chi connectivity index (χ0v) is 16.6. The Balaban J connectivity index is 0.00000180. The predicted octanol–water partition coefficient (Wildman–Crippen LogP) is 4.16. The molecular formula is C20H30ClF3N2O. The van der Waals surface area contributed by atoms with Crippen LogP contribution in [0.3, 0.4) is 0 Å². The van der Waals surface area contributed by atoms with Crippen LogP contribution in [0.15, 0.2) is 0 Å². The van der Waals surface area contributed by atoms with Crippen LogP contribution in [0.5, 0.6) is 0 Å². The minimum atomic E-state index is -4.17. The minimum Gasteiger partial charge on any atom is -0.342 e. The molecule has 1 amide bonds. The van der Waals surface area contributed by atoms with Gasteiger partial charge in [0.25, 0.3) is 0 Å². The molecule has 6 aliphatic rings. The van der Waals surface area contributed by atoms with E-state index in [-0.39, 0.29) is 49.4 Å². The number of amides is 1. The first kappa shape index (κ1) is 19.8. The highest BCUT2D eigenvalue weighted by Crippen LogP contribution is 2.69. The maximum Gasteiger partial charge on any atom is 0.394 e. The molecule has 3 nitrogen and oxygen atoms in total. The number of rotatable bonds is 1. The van der Waals surface area contributed by atoms with Gasteiger partial charge in [-0.2, -0.15) is 13.2 Å². The number of halogens is 4. The molecule has 0 aromatic carbocycles. The Morgan fingerprint density at radius 1 is 1.00 bits per heavy atom. The fourth-order valence-electron chi connectivity index (χ4n) is 7.59. The van der Waals surface area contributed by atoms with Gasteiger partial charge in [-0.05, 0) is 81.6 Å². The summed E-state index contributed by atoms with van der Waals surface area (Å²) < 4.78 is 41.8. The monoisotopic (exact) mass is 406 g/mol. The average Bonchev–Trinajstić information content (AvgIpc) is 3.01. The number of carbonyl (C=O) groups is 1. The molecule has 154 valence electrons. The zero-order chi connectivity index (χ0) is 18.2. The van der Waals surface area contributed by atoms with Gasteiger partial charge in [-0.25, -0.2) is 0 Å². The smallest absolute Gasteiger partial charge is 0.342 e. The molecule has 1 spiro atoms. The SMILES string of the molecule is Cl.O=C(N1CCC2(CCNC2)CC1)C12CC3CC(C1)CC(C(F)(F)F)(C3)C2. The Bertz CT molecular complexity index is 593. The molecule has 27 heavy (non-hydrogen) atoms. The Morgan fingerprint density at radius 3 is 2.15 bits per heavy atom. The van der Waals surface area contributed by atoms with Gasteiger partial charge >= 0.3 is 6.18 Å². The van der Waals surface area contributed by atoms with Crippen LogP contribution < -0.4 is 5.32 Å². The molecular weight excluding hydrogens is 377 g/mol. The van der Waals surface area contributed by atoms with E-state index in [0.717, 1.165) is 45.4 Å². The van der Waals surface area contributed by atoms with E-state index in [1.165, 1.54) is 6.42 Å². The molecule has 0 radical (unpaired) electrons. The third kappa shape index (κ3) is 2.92. The first-order valence-electron chi connectivity index (χ1n) is 10.3. The lowest BCUT2D eigenvalue weighted by atomic mass is 9.43. The molecule has 4 aliphatic carbocycles. The Kier molecular flexibility index (Phi) is 4.59. The fourth-order valence-corrected chi connectivity index (χ4v) is 7.59. The zero-order valence-electron chi connectivity index (χ0n) is 15.7. The number of nitrogens with zero attached hydrogens (tertiary/aromatic N) is 1. The standard InChI is InChI=1S/C20H29F3N2O.ClH/c21-20(22,23)19-10-14-7-15(11-19)9-18(8-14,12-19)16(26)25-5-2-17(3-6-25)1-4-24-13-17;/h14-15,24H,1-13H2;1H. The van der Waals surface area contributed by atoms with Crippen LogP contribution >= 0.6 is 12.4 Å². The van der Waals surface area contributed by atoms with E-state index >= 15 is 0 Å². The summed E-state index contributed by atoms with van der Waals surface area (Å²) in [6.45, 7) is 3.55. The normalized spacial score (nSPS) is 42.4. The summed E-state index contributed by atoms with van der Waals surface area (Å²) in [5, 5.41) is 3.43. The van der Waals surface area contributed by atoms with Crippen molar-refractivity contribution in [2.24, 2.45) is 28.1 Å². The van der Waals surface area contributed by atoms with Gasteiger partial charge in [0.05, 0.1) is 10.8 Å². The van der Waals surface area contributed by atoms with Gasteiger partial charge in [0.2, 0.25) is 5.91 Å². The van der Waals surface area contributed by atoms with Gasteiger partial charge in [-0.15, -0.1) is 12.4 Å². The molecule has 1 N–H and O–H groups in total. The van der Waals surface area contributed by atoms with Crippen LogP contribution in [0.1, 0.15) is 57.8 Å². The van der Waals surface area contributed by atoms with Gasteiger partial charge < -0.3 is 10.2 Å². The maximum atomic E-state index is 13.9. The van der Waals surface area contributed by atoms with Crippen LogP contribution in [-0.4, -0.2) is 43.2 Å². The number of nitrogens with one attached hydrogen (secondary N) is 1. The van der Waals surface area contributed by atoms with E-state index in [9.17, 15) is 18.0 Å². The maximum absolute atomic E-state index is 13.9. The Hall–Kier alpha value is -0.490. The second-order valence-electron chi connectivity index (χ2n) is 10.2. The predicted molar refractivity (Wildman–Crippen MR) is 98.6 cm³/mol. The molecule has 6 fully saturated rings. The van der Waals surface area contributed by atoms with Crippen LogP contribution in [0.25, 0.3) is 0 Å². The van der Waals surface area contributed by atoms with E-state index in [4.69, 9.17) is 0 Å². The summed E-state index contributed by atoms with van der Waals surface area (Å²) >= 11 is 0. The number of hydrogen-bond acceptors (Lipinski definition) is 2. The topological polar surface area (TPSA) is 32.3 Å². The van der Waals surface area contributed by atoms with E-state index < -0.39 is 17.0 Å². The summed E-state index contributed by atoms with van der Waals surface area (Å²) in [6.07, 6.45) is 1.87. The van der Waals surface area contributed by atoms with Gasteiger partial charge in [0.1, 0.15) is 0 Å². The Morgan fingerprint density at radius 2 is 1.63 bits per heavy atom. The molecule has 2 unspecified atom stereocenters. The fraction of sp³-hybridized carbons (Fsp3) is 0.950. The highest BCUT2D eigenvalue weighted by atomic mass is 35.5. The molecule has 7 heteroatoms. The van der Waals surface area contributed by atoms with Crippen LogP contribution in [0.4, 0.5) is 13.2 Å². The van der Waals surface area contributed by atoms with Gasteiger partial charge in [-0.3, -0.25) is 4.79 Å². The molecule has 4 saturated carbocycles. The van der Waals surface area contributed by atoms with E-state index in [1.54, 1.807) is 0 Å². The first-order valence-corrected chi connectivity index (χ1v) is 10.3. The number of likely N-dealkylation sites (tertiary alicyclic amines) is 1. The third-order valence-electron chi connectivity index (χ3n) is 8.56. The second kappa shape index (κ2) is 6.25. The molecule has 6 rings (SSSR count). The lowest BCUT2D eigenvalue weighted by Crippen LogP contribution is -2.62. The lowest BCUT2D eigenvalue weighted by molar-refractivity contribution is -0.284. The first-order chi connectivity index (χ1) is 12.3. The van der Waals surface area contributed by atoms with Crippen molar-refractivity contribution in [2.45, 2.75) is 64.0 Å². The molecule has 2 heterocycles. The minimum absolute atomic E-state index is 0. The van der Waals surface area contributed by atoms with E-state index in [2.05, 4.69) is 5.32 Å².